The van der Waals surface area contributed by atoms with Crippen LogP contribution in [0.25, 0.3) is 45.1 Å². The summed E-state index contributed by atoms with van der Waals surface area (Å²) in [5, 5.41) is 8.84. The van der Waals surface area contributed by atoms with Crippen molar-refractivity contribution < 1.29 is 13.9 Å². The van der Waals surface area contributed by atoms with Gasteiger partial charge < -0.3 is 13.7 Å². The van der Waals surface area contributed by atoms with Crippen molar-refractivity contribution in [2.45, 2.75) is 0 Å². The lowest BCUT2D eigenvalue weighted by molar-refractivity contribution is 0.0601. The second-order valence-corrected chi connectivity index (χ2v) is 7.67. The standard InChI is InChI=1S/C24H17ClN4O3/c1-29-13-26-28-22(29)19-12-17(25)7-8-18(19)14-4-3-5-15(10-14)23-27-20-11-16(24(30)31-2)6-9-21(20)32-23/h3-13H,1-2H3. The minimum absolute atomic E-state index is 0.419. The van der Waals surface area contributed by atoms with Gasteiger partial charge in [-0.15, -0.1) is 10.2 Å². The van der Waals surface area contributed by atoms with Crippen LogP contribution in [-0.2, 0) is 11.8 Å². The number of methoxy groups -OCH3 is 1. The third-order valence-electron chi connectivity index (χ3n) is 5.16. The van der Waals surface area contributed by atoms with Crippen LogP contribution in [-0.4, -0.2) is 32.8 Å². The maximum absolute atomic E-state index is 11.8. The van der Waals surface area contributed by atoms with Crippen LogP contribution in [0.3, 0.4) is 0 Å². The van der Waals surface area contributed by atoms with Crippen LogP contribution < -0.4 is 0 Å². The van der Waals surface area contributed by atoms with Gasteiger partial charge in [-0.25, -0.2) is 9.78 Å². The van der Waals surface area contributed by atoms with E-state index in [1.54, 1.807) is 24.5 Å². The fourth-order valence-corrected chi connectivity index (χ4v) is 3.77. The molecule has 5 aromatic rings. The summed E-state index contributed by atoms with van der Waals surface area (Å²) in [7, 11) is 3.23. The van der Waals surface area contributed by atoms with Gasteiger partial charge in [0.05, 0.1) is 12.7 Å². The van der Waals surface area contributed by atoms with E-state index in [9.17, 15) is 4.79 Å². The third-order valence-corrected chi connectivity index (χ3v) is 5.40. The molecule has 0 atom stereocenters. The maximum Gasteiger partial charge on any atom is 0.337 e. The number of esters is 1. The van der Waals surface area contributed by atoms with E-state index in [4.69, 9.17) is 20.8 Å². The average molecular weight is 445 g/mol. The summed E-state index contributed by atoms with van der Waals surface area (Å²) in [6, 6.07) is 18.6. The minimum atomic E-state index is -0.419. The molecule has 0 bridgehead atoms. The number of halogens is 1. The highest BCUT2D eigenvalue weighted by Crippen LogP contribution is 2.35. The molecule has 32 heavy (non-hydrogen) atoms. The molecule has 2 aromatic heterocycles. The highest BCUT2D eigenvalue weighted by atomic mass is 35.5. The van der Waals surface area contributed by atoms with E-state index in [1.807, 2.05) is 54.1 Å². The summed E-state index contributed by atoms with van der Waals surface area (Å²) in [6.07, 6.45) is 1.65. The molecule has 0 N–H and O–H groups in total. The first kappa shape index (κ1) is 20.0. The molecule has 0 aliphatic carbocycles. The minimum Gasteiger partial charge on any atom is -0.465 e. The van der Waals surface area contributed by atoms with Crippen molar-refractivity contribution >= 4 is 28.7 Å². The van der Waals surface area contributed by atoms with Crippen molar-refractivity contribution in [3.63, 3.8) is 0 Å². The molecule has 2 heterocycles. The number of fused-ring (bicyclic) bond motifs is 1. The molecule has 3 aromatic carbocycles. The molecular weight excluding hydrogens is 428 g/mol. The summed E-state index contributed by atoms with van der Waals surface area (Å²) < 4.78 is 12.6. The molecule has 0 fully saturated rings. The summed E-state index contributed by atoms with van der Waals surface area (Å²) in [6.45, 7) is 0. The second-order valence-electron chi connectivity index (χ2n) is 7.23. The Morgan fingerprint density at radius 3 is 2.66 bits per heavy atom. The number of rotatable bonds is 4. The molecule has 0 amide bonds. The quantitative estimate of drug-likeness (QED) is 0.345. The number of hydrogen-bond acceptors (Lipinski definition) is 6. The monoisotopic (exact) mass is 444 g/mol. The number of hydrogen-bond donors (Lipinski definition) is 0. The smallest absolute Gasteiger partial charge is 0.337 e. The SMILES string of the molecule is COC(=O)c1ccc2oc(-c3cccc(-c4ccc(Cl)cc4-c4nncn4C)c3)nc2c1. The zero-order chi connectivity index (χ0) is 22.2. The fraction of sp³-hybridized carbons (Fsp3) is 0.0833. The Morgan fingerprint density at radius 2 is 1.88 bits per heavy atom. The Labute approximate surface area is 188 Å². The van der Waals surface area contributed by atoms with Crippen molar-refractivity contribution in [3.05, 3.63) is 77.6 Å². The van der Waals surface area contributed by atoms with E-state index in [1.165, 1.54) is 7.11 Å². The average Bonchev–Trinajstić information content (AvgIpc) is 3.44. The van der Waals surface area contributed by atoms with Gasteiger partial charge in [0.1, 0.15) is 11.8 Å². The maximum atomic E-state index is 11.8. The Balaban J connectivity index is 1.59. The van der Waals surface area contributed by atoms with Crippen molar-refractivity contribution in [2.24, 2.45) is 7.05 Å². The zero-order valence-electron chi connectivity index (χ0n) is 17.2. The molecular formula is C24H17ClN4O3. The molecule has 0 saturated heterocycles. The highest BCUT2D eigenvalue weighted by molar-refractivity contribution is 6.31. The number of aryl methyl sites for hydroxylation is 1. The predicted molar refractivity (Wildman–Crippen MR) is 121 cm³/mol. The van der Waals surface area contributed by atoms with Crippen molar-refractivity contribution in [2.75, 3.05) is 7.11 Å². The van der Waals surface area contributed by atoms with E-state index < -0.39 is 5.97 Å². The van der Waals surface area contributed by atoms with Crippen LogP contribution >= 0.6 is 11.6 Å². The van der Waals surface area contributed by atoms with Gasteiger partial charge in [-0.2, -0.15) is 0 Å². The van der Waals surface area contributed by atoms with Crippen LogP contribution in [0.2, 0.25) is 5.02 Å². The van der Waals surface area contributed by atoms with Crippen LogP contribution in [0.15, 0.2) is 71.4 Å². The molecule has 5 rings (SSSR count). The first-order valence-corrected chi connectivity index (χ1v) is 10.1. The van der Waals surface area contributed by atoms with Crippen LogP contribution in [0.4, 0.5) is 0 Å². The highest BCUT2D eigenvalue weighted by Gasteiger charge is 2.16. The summed E-state index contributed by atoms with van der Waals surface area (Å²) in [5.74, 6) is 0.751. The zero-order valence-corrected chi connectivity index (χ0v) is 18.0. The lowest BCUT2D eigenvalue weighted by Gasteiger charge is -2.11. The molecule has 0 spiro atoms. The van der Waals surface area contributed by atoms with Gasteiger partial charge in [-0.05, 0) is 53.6 Å². The van der Waals surface area contributed by atoms with Gasteiger partial charge in [-0.3, -0.25) is 0 Å². The number of benzene rings is 3. The normalized spacial score (nSPS) is 11.1. The molecule has 7 nitrogen and oxygen atoms in total. The molecule has 0 aliphatic heterocycles. The van der Waals surface area contributed by atoms with Crippen LogP contribution in [0.5, 0.6) is 0 Å². The number of oxazole rings is 1. The van der Waals surface area contributed by atoms with E-state index in [-0.39, 0.29) is 0 Å². The van der Waals surface area contributed by atoms with Gasteiger partial charge in [0.2, 0.25) is 5.89 Å². The molecule has 0 unspecified atom stereocenters. The van der Waals surface area contributed by atoms with E-state index in [0.717, 1.165) is 22.3 Å². The van der Waals surface area contributed by atoms with Crippen LogP contribution in [0.1, 0.15) is 10.4 Å². The van der Waals surface area contributed by atoms with E-state index in [2.05, 4.69) is 15.2 Å². The Bertz CT molecular complexity index is 1470. The topological polar surface area (TPSA) is 83.0 Å². The number of carbonyl (C=O) groups excluding carboxylic acids is 1. The van der Waals surface area contributed by atoms with Gasteiger partial charge >= 0.3 is 5.97 Å². The van der Waals surface area contributed by atoms with Crippen molar-refractivity contribution in [1.82, 2.24) is 19.7 Å². The number of nitrogens with zero attached hydrogens (tertiary/aromatic N) is 4. The van der Waals surface area contributed by atoms with Gasteiger partial charge in [0, 0.05) is 23.2 Å². The summed E-state index contributed by atoms with van der Waals surface area (Å²) in [4.78, 5) is 16.4. The molecule has 0 saturated carbocycles. The molecule has 8 heteroatoms. The predicted octanol–water partition coefficient (Wildman–Crippen LogP) is 5.40. The lowest BCUT2D eigenvalue weighted by atomic mass is 9.97. The van der Waals surface area contributed by atoms with E-state index >= 15 is 0 Å². The first-order chi connectivity index (χ1) is 15.5. The molecule has 0 aliphatic rings. The Kier molecular flexibility index (Phi) is 4.95. The molecule has 158 valence electrons. The number of ether oxygens (including phenoxy) is 1. The van der Waals surface area contributed by atoms with Gasteiger partial charge in [-0.1, -0.05) is 29.8 Å². The fourth-order valence-electron chi connectivity index (χ4n) is 3.60. The van der Waals surface area contributed by atoms with Gasteiger partial charge in [0.25, 0.3) is 0 Å². The lowest BCUT2D eigenvalue weighted by Crippen LogP contribution is -2.00. The second kappa shape index (κ2) is 7.94. The Morgan fingerprint density at radius 1 is 1.03 bits per heavy atom. The number of carbonyl (C=O) groups is 1. The van der Waals surface area contributed by atoms with Crippen molar-refractivity contribution in [3.8, 4) is 34.0 Å². The Hall–Kier alpha value is -3.97. The van der Waals surface area contributed by atoms with Crippen LogP contribution in [0, 0.1) is 0 Å². The molecule has 0 radical (unpaired) electrons. The van der Waals surface area contributed by atoms with E-state index in [0.29, 0.717) is 33.4 Å². The third kappa shape index (κ3) is 3.52. The summed E-state index contributed by atoms with van der Waals surface area (Å²) in [5.41, 5.74) is 5.17. The van der Waals surface area contributed by atoms with Gasteiger partial charge in [0.15, 0.2) is 11.4 Å². The largest absolute Gasteiger partial charge is 0.465 e. The number of aromatic nitrogens is 4. The first-order valence-electron chi connectivity index (χ1n) is 9.77. The van der Waals surface area contributed by atoms with Crippen molar-refractivity contribution in [1.29, 1.82) is 0 Å². The summed E-state index contributed by atoms with van der Waals surface area (Å²) >= 11 is 6.28.